The molecule has 0 spiro atoms. The van der Waals surface area contributed by atoms with Crippen LogP contribution in [-0.2, 0) is 13.0 Å². The van der Waals surface area contributed by atoms with Crippen LogP contribution >= 0.6 is 11.6 Å². The fourth-order valence-corrected chi connectivity index (χ4v) is 3.72. The molecule has 0 bridgehead atoms. The van der Waals surface area contributed by atoms with E-state index in [2.05, 4.69) is 5.32 Å². The summed E-state index contributed by atoms with van der Waals surface area (Å²) in [5.74, 6) is -1.52. The van der Waals surface area contributed by atoms with Gasteiger partial charge < -0.3 is 9.88 Å². The van der Waals surface area contributed by atoms with E-state index in [1.165, 1.54) is 6.92 Å². The molecule has 0 saturated heterocycles. The number of pyridine rings is 1. The zero-order valence-corrected chi connectivity index (χ0v) is 18.2. The average Bonchev–Trinajstić information content (AvgIpc) is 2.72. The summed E-state index contributed by atoms with van der Waals surface area (Å²) < 4.78 is 16.4. The SMILES string of the molecule is CCc1cccc(C)c1NC(=O)c1c(C)n(Cc2ccc(Cl)cc2)c(C)c(F)c1=O. The second kappa shape index (κ2) is 8.84. The molecule has 1 N–H and O–H groups in total. The fourth-order valence-electron chi connectivity index (χ4n) is 3.60. The predicted octanol–water partition coefficient (Wildman–Crippen LogP) is 5.43. The maximum absolute atomic E-state index is 14.8. The van der Waals surface area contributed by atoms with Crippen molar-refractivity contribution in [3.63, 3.8) is 0 Å². The summed E-state index contributed by atoms with van der Waals surface area (Å²) in [7, 11) is 0. The van der Waals surface area contributed by atoms with Crippen LogP contribution in [0.3, 0.4) is 0 Å². The van der Waals surface area contributed by atoms with E-state index < -0.39 is 17.2 Å². The first-order valence-electron chi connectivity index (χ1n) is 9.78. The molecule has 0 aliphatic rings. The van der Waals surface area contributed by atoms with E-state index in [0.29, 0.717) is 22.9 Å². The monoisotopic (exact) mass is 426 g/mol. The van der Waals surface area contributed by atoms with Gasteiger partial charge in [-0.05, 0) is 56.0 Å². The molecule has 4 nitrogen and oxygen atoms in total. The third kappa shape index (κ3) is 4.17. The summed E-state index contributed by atoms with van der Waals surface area (Å²) in [6.07, 6.45) is 0.722. The number of halogens is 2. The molecule has 1 amide bonds. The third-order valence-electron chi connectivity index (χ3n) is 5.38. The lowest BCUT2D eigenvalue weighted by atomic mass is 10.0. The van der Waals surface area contributed by atoms with Crippen molar-refractivity contribution in [3.05, 3.63) is 97.2 Å². The number of nitrogens with zero attached hydrogens (tertiary/aromatic N) is 1. The van der Waals surface area contributed by atoms with Crippen molar-refractivity contribution in [2.45, 2.75) is 40.7 Å². The van der Waals surface area contributed by atoms with E-state index >= 15 is 0 Å². The van der Waals surface area contributed by atoms with Crippen LogP contribution in [0.5, 0.6) is 0 Å². The fraction of sp³-hybridized carbons (Fsp3) is 0.250. The van der Waals surface area contributed by atoms with Gasteiger partial charge in [-0.15, -0.1) is 0 Å². The van der Waals surface area contributed by atoms with Gasteiger partial charge in [0.05, 0.1) is 5.69 Å². The maximum Gasteiger partial charge on any atom is 0.261 e. The molecule has 1 heterocycles. The van der Waals surface area contributed by atoms with Gasteiger partial charge in [0, 0.05) is 22.9 Å². The lowest BCUT2D eigenvalue weighted by Crippen LogP contribution is -2.30. The van der Waals surface area contributed by atoms with E-state index in [-0.39, 0.29) is 11.3 Å². The van der Waals surface area contributed by atoms with Crippen LogP contribution < -0.4 is 10.7 Å². The Morgan fingerprint density at radius 2 is 1.73 bits per heavy atom. The van der Waals surface area contributed by atoms with Crippen molar-refractivity contribution in [3.8, 4) is 0 Å². The molecule has 0 saturated carbocycles. The number of anilines is 1. The second-order valence-corrected chi connectivity index (χ2v) is 7.75. The van der Waals surface area contributed by atoms with E-state index in [1.54, 1.807) is 23.6 Å². The molecule has 0 unspecified atom stereocenters. The molecule has 3 aromatic rings. The Hall–Kier alpha value is -2.92. The Labute approximate surface area is 180 Å². The molecule has 0 radical (unpaired) electrons. The van der Waals surface area contributed by atoms with Gasteiger partial charge in [0.15, 0.2) is 5.82 Å². The Balaban J connectivity index is 2.07. The summed E-state index contributed by atoms with van der Waals surface area (Å²) in [4.78, 5) is 25.7. The highest BCUT2D eigenvalue weighted by molar-refractivity contribution is 6.30. The first kappa shape index (κ1) is 21.8. The number of nitrogens with one attached hydrogen (secondary N) is 1. The van der Waals surface area contributed by atoms with Crippen molar-refractivity contribution in [2.75, 3.05) is 5.32 Å². The summed E-state index contributed by atoms with van der Waals surface area (Å²) >= 11 is 5.94. The van der Waals surface area contributed by atoms with Crippen LogP contribution in [0.2, 0.25) is 5.02 Å². The number of hydrogen-bond donors (Lipinski definition) is 1. The van der Waals surface area contributed by atoms with Crippen LogP contribution in [0.25, 0.3) is 0 Å². The standard InChI is InChI=1S/C24H24ClFN2O2/c1-5-18-8-6-7-14(2)22(18)27-24(30)20-15(3)28(16(4)21(26)23(20)29)13-17-9-11-19(25)12-10-17/h6-12H,5,13H2,1-4H3,(H,27,30). The van der Waals surface area contributed by atoms with Gasteiger partial charge in [-0.25, -0.2) is 4.39 Å². The zero-order chi connectivity index (χ0) is 22.0. The van der Waals surface area contributed by atoms with Crippen LogP contribution in [0.15, 0.2) is 47.3 Å². The Morgan fingerprint density at radius 3 is 2.37 bits per heavy atom. The molecular weight excluding hydrogens is 403 g/mol. The number of rotatable bonds is 5. The number of benzene rings is 2. The molecule has 0 atom stereocenters. The number of hydrogen-bond acceptors (Lipinski definition) is 2. The quantitative estimate of drug-likeness (QED) is 0.591. The van der Waals surface area contributed by atoms with Gasteiger partial charge >= 0.3 is 0 Å². The topological polar surface area (TPSA) is 51.1 Å². The highest BCUT2D eigenvalue weighted by atomic mass is 35.5. The molecule has 1 aromatic heterocycles. The molecule has 2 aromatic carbocycles. The molecule has 0 aliphatic carbocycles. The Bertz CT molecular complexity index is 1170. The first-order valence-corrected chi connectivity index (χ1v) is 10.2. The van der Waals surface area contributed by atoms with Crippen molar-refractivity contribution < 1.29 is 9.18 Å². The largest absolute Gasteiger partial charge is 0.341 e. The highest BCUT2D eigenvalue weighted by Crippen LogP contribution is 2.23. The number of carbonyl (C=O) groups is 1. The molecule has 0 aliphatic heterocycles. The smallest absolute Gasteiger partial charge is 0.261 e. The van der Waals surface area contributed by atoms with Gasteiger partial charge in [-0.3, -0.25) is 9.59 Å². The summed E-state index contributed by atoms with van der Waals surface area (Å²) in [5, 5.41) is 3.44. The van der Waals surface area contributed by atoms with Crippen LogP contribution in [0.4, 0.5) is 10.1 Å². The number of para-hydroxylation sites is 1. The van der Waals surface area contributed by atoms with Gasteiger partial charge in [-0.2, -0.15) is 0 Å². The minimum atomic E-state index is -0.916. The predicted molar refractivity (Wildman–Crippen MR) is 119 cm³/mol. The summed E-state index contributed by atoms with van der Waals surface area (Å²) in [6, 6.07) is 12.9. The van der Waals surface area contributed by atoms with E-state index in [1.807, 2.05) is 44.2 Å². The number of carbonyl (C=O) groups excluding carboxylic acids is 1. The van der Waals surface area contributed by atoms with Crippen LogP contribution in [-0.4, -0.2) is 10.5 Å². The van der Waals surface area contributed by atoms with Crippen LogP contribution in [0.1, 0.15) is 45.4 Å². The van der Waals surface area contributed by atoms with Gasteiger partial charge in [0.1, 0.15) is 5.56 Å². The lowest BCUT2D eigenvalue weighted by molar-refractivity contribution is 0.102. The summed E-state index contributed by atoms with van der Waals surface area (Å²) in [6.45, 7) is 7.39. The lowest BCUT2D eigenvalue weighted by Gasteiger charge is -2.19. The molecule has 3 rings (SSSR count). The minimum absolute atomic E-state index is 0.183. The molecular formula is C24H24ClFN2O2. The Kier molecular flexibility index (Phi) is 6.42. The van der Waals surface area contributed by atoms with Gasteiger partial charge in [-0.1, -0.05) is 48.9 Å². The third-order valence-corrected chi connectivity index (χ3v) is 5.63. The van der Waals surface area contributed by atoms with Gasteiger partial charge in [0.2, 0.25) is 5.43 Å². The van der Waals surface area contributed by atoms with E-state index in [0.717, 1.165) is 23.1 Å². The van der Waals surface area contributed by atoms with Crippen molar-refractivity contribution in [2.24, 2.45) is 0 Å². The Morgan fingerprint density at radius 1 is 1.07 bits per heavy atom. The van der Waals surface area contributed by atoms with Crippen molar-refractivity contribution in [1.82, 2.24) is 4.57 Å². The van der Waals surface area contributed by atoms with Crippen molar-refractivity contribution >= 4 is 23.2 Å². The van der Waals surface area contributed by atoms with Crippen LogP contribution in [0, 0.1) is 26.6 Å². The molecule has 156 valence electrons. The number of aryl methyl sites for hydroxylation is 2. The molecule has 30 heavy (non-hydrogen) atoms. The molecule has 6 heteroatoms. The zero-order valence-electron chi connectivity index (χ0n) is 17.5. The second-order valence-electron chi connectivity index (χ2n) is 7.32. The average molecular weight is 427 g/mol. The van der Waals surface area contributed by atoms with Crippen molar-refractivity contribution in [1.29, 1.82) is 0 Å². The summed E-state index contributed by atoms with van der Waals surface area (Å²) in [5.41, 5.74) is 2.91. The number of aromatic nitrogens is 1. The maximum atomic E-state index is 14.8. The van der Waals surface area contributed by atoms with E-state index in [9.17, 15) is 14.0 Å². The van der Waals surface area contributed by atoms with Gasteiger partial charge in [0.25, 0.3) is 5.91 Å². The number of amides is 1. The highest BCUT2D eigenvalue weighted by Gasteiger charge is 2.23. The minimum Gasteiger partial charge on any atom is -0.341 e. The molecule has 0 fully saturated rings. The van der Waals surface area contributed by atoms with E-state index in [4.69, 9.17) is 11.6 Å². The first-order chi connectivity index (χ1) is 14.2. The normalized spacial score (nSPS) is 10.9.